The molecule has 3 aliphatic carbocycles. The number of aliphatic hydroxyl groups excluding tert-OH is 1. The number of carbonyl (C=O) groups is 2. The number of esters is 2. The fourth-order valence-electron chi connectivity index (χ4n) is 6.06. The third kappa shape index (κ3) is 2.25. The molecule has 0 amide bonds. The van der Waals surface area contributed by atoms with Crippen molar-refractivity contribution in [2.24, 2.45) is 11.3 Å². The minimum atomic E-state index is -1.19. The molecular weight excluding hydrogens is 368 g/mol. The molecule has 1 aliphatic heterocycles. The Morgan fingerprint density at radius 1 is 1.10 bits per heavy atom. The van der Waals surface area contributed by atoms with Crippen molar-refractivity contribution in [1.82, 2.24) is 0 Å². The van der Waals surface area contributed by atoms with Crippen LogP contribution in [0.5, 0.6) is 0 Å². The van der Waals surface area contributed by atoms with E-state index in [2.05, 4.69) is 12.1 Å². The number of aliphatic hydroxyl groups is 1. The van der Waals surface area contributed by atoms with Gasteiger partial charge in [-0.3, -0.25) is 9.59 Å². The molecule has 1 saturated heterocycles. The van der Waals surface area contributed by atoms with Crippen molar-refractivity contribution in [2.75, 3.05) is 7.11 Å². The highest BCUT2D eigenvalue weighted by Gasteiger charge is 2.67. The minimum Gasteiger partial charge on any atom is -0.469 e. The number of fused-ring (bicyclic) bond motifs is 1. The average Bonchev–Trinajstić information content (AvgIpc) is 3.06. The van der Waals surface area contributed by atoms with Crippen molar-refractivity contribution in [2.45, 2.75) is 43.8 Å². The molecule has 1 N–H and O–H groups in total. The number of ether oxygens (including phenoxy) is 2. The van der Waals surface area contributed by atoms with Gasteiger partial charge >= 0.3 is 11.9 Å². The Balaban J connectivity index is 1.78. The van der Waals surface area contributed by atoms with Crippen LogP contribution in [0, 0.1) is 11.3 Å². The summed E-state index contributed by atoms with van der Waals surface area (Å²) in [5, 5.41) is 11.1. The minimum absolute atomic E-state index is 0.0350. The number of rotatable bonds is 3. The van der Waals surface area contributed by atoms with Crippen molar-refractivity contribution in [3.05, 3.63) is 70.8 Å². The van der Waals surface area contributed by atoms with Gasteiger partial charge in [0, 0.05) is 11.8 Å². The maximum absolute atomic E-state index is 13.4. The van der Waals surface area contributed by atoms with Crippen LogP contribution >= 0.6 is 0 Å². The highest BCUT2D eigenvalue weighted by atomic mass is 16.6. The van der Waals surface area contributed by atoms with E-state index in [1.807, 2.05) is 43.3 Å². The normalized spacial score (nSPS) is 34.3. The molecular formula is C24H24O5. The van der Waals surface area contributed by atoms with Crippen LogP contribution in [0.1, 0.15) is 53.9 Å². The van der Waals surface area contributed by atoms with Gasteiger partial charge < -0.3 is 14.6 Å². The Kier molecular flexibility index (Phi) is 4.07. The van der Waals surface area contributed by atoms with E-state index in [9.17, 15) is 14.7 Å². The van der Waals surface area contributed by atoms with Gasteiger partial charge in [0.15, 0.2) is 0 Å². The zero-order valence-electron chi connectivity index (χ0n) is 16.5. The second kappa shape index (κ2) is 6.42. The Morgan fingerprint density at radius 2 is 1.66 bits per heavy atom. The lowest BCUT2D eigenvalue weighted by atomic mass is 9.48. The van der Waals surface area contributed by atoms with E-state index >= 15 is 0 Å². The Labute approximate surface area is 169 Å². The van der Waals surface area contributed by atoms with E-state index in [0.717, 1.165) is 11.1 Å². The van der Waals surface area contributed by atoms with Gasteiger partial charge in [-0.1, -0.05) is 55.5 Å². The molecule has 4 atom stereocenters. The van der Waals surface area contributed by atoms with E-state index in [0.29, 0.717) is 12.8 Å². The maximum atomic E-state index is 13.4. The molecule has 0 spiro atoms. The molecule has 6 rings (SSSR count). The number of cyclic esters (lactones) is 1. The average molecular weight is 392 g/mol. The molecule has 4 aliphatic rings. The smallest absolute Gasteiger partial charge is 0.313 e. The molecule has 1 unspecified atom stereocenters. The van der Waals surface area contributed by atoms with Crippen LogP contribution in [0.15, 0.2) is 48.5 Å². The van der Waals surface area contributed by atoms with Gasteiger partial charge in [-0.05, 0) is 35.1 Å². The van der Waals surface area contributed by atoms with Crippen LogP contribution in [0.25, 0.3) is 0 Å². The highest BCUT2D eigenvalue weighted by Crippen LogP contribution is 2.65. The van der Waals surface area contributed by atoms with Crippen LogP contribution in [0.3, 0.4) is 0 Å². The summed E-state index contributed by atoms with van der Waals surface area (Å²) < 4.78 is 10.8. The van der Waals surface area contributed by atoms with Crippen molar-refractivity contribution in [3.8, 4) is 0 Å². The van der Waals surface area contributed by atoms with Crippen LogP contribution in [0.2, 0.25) is 0 Å². The highest BCUT2D eigenvalue weighted by molar-refractivity contribution is 5.90. The van der Waals surface area contributed by atoms with E-state index in [1.54, 1.807) is 0 Å². The topological polar surface area (TPSA) is 72.8 Å². The van der Waals surface area contributed by atoms with Gasteiger partial charge in [-0.25, -0.2) is 0 Å². The fraction of sp³-hybridized carbons (Fsp3) is 0.417. The molecule has 0 aromatic heterocycles. The second-order valence-electron chi connectivity index (χ2n) is 8.33. The van der Waals surface area contributed by atoms with Crippen molar-refractivity contribution < 1.29 is 24.2 Å². The van der Waals surface area contributed by atoms with Gasteiger partial charge in [0.2, 0.25) is 0 Å². The molecule has 0 radical (unpaired) electrons. The molecule has 5 nitrogen and oxygen atoms in total. The predicted molar refractivity (Wildman–Crippen MR) is 105 cm³/mol. The molecule has 2 aromatic rings. The fourth-order valence-corrected chi connectivity index (χ4v) is 6.06. The summed E-state index contributed by atoms with van der Waals surface area (Å²) in [6.45, 7) is 1.87. The second-order valence-corrected chi connectivity index (χ2v) is 8.33. The molecule has 0 saturated carbocycles. The van der Waals surface area contributed by atoms with Gasteiger partial charge in [0.25, 0.3) is 0 Å². The number of hydrogen-bond acceptors (Lipinski definition) is 5. The van der Waals surface area contributed by atoms with Crippen LogP contribution < -0.4 is 0 Å². The maximum Gasteiger partial charge on any atom is 0.313 e. The van der Waals surface area contributed by atoms with Gasteiger partial charge in [0.05, 0.1) is 12.5 Å². The largest absolute Gasteiger partial charge is 0.469 e. The number of carbonyl (C=O) groups excluding carboxylic acids is 2. The lowest BCUT2D eigenvalue weighted by molar-refractivity contribution is -0.168. The van der Waals surface area contributed by atoms with Crippen LogP contribution in [-0.2, 0) is 19.1 Å². The summed E-state index contributed by atoms with van der Waals surface area (Å²) in [5.74, 6) is -2.30. The first-order chi connectivity index (χ1) is 14.0. The number of methoxy groups -OCH3 is 1. The van der Waals surface area contributed by atoms with Crippen molar-refractivity contribution in [3.63, 3.8) is 0 Å². The molecule has 1 fully saturated rings. The third-order valence-corrected chi connectivity index (χ3v) is 7.19. The molecule has 150 valence electrons. The zero-order chi connectivity index (χ0) is 20.3. The molecule has 2 aromatic carbocycles. The van der Waals surface area contributed by atoms with E-state index in [-0.39, 0.29) is 11.8 Å². The summed E-state index contributed by atoms with van der Waals surface area (Å²) in [6, 6.07) is 16.2. The summed E-state index contributed by atoms with van der Waals surface area (Å²) >= 11 is 0. The lowest BCUT2D eigenvalue weighted by Crippen LogP contribution is -2.55. The first-order valence-corrected chi connectivity index (χ1v) is 10.2. The third-order valence-electron chi connectivity index (χ3n) is 7.19. The summed E-state index contributed by atoms with van der Waals surface area (Å²) in [5.41, 5.74) is 3.25. The van der Waals surface area contributed by atoms with Gasteiger partial charge in [-0.2, -0.15) is 0 Å². The molecule has 2 bridgehead atoms. The van der Waals surface area contributed by atoms with E-state index in [4.69, 9.17) is 9.47 Å². The lowest BCUT2D eigenvalue weighted by Gasteiger charge is -2.53. The number of hydrogen-bond donors (Lipinski definition) is 1. The summed E-state index contributed by atoms with van der Waals surface area (Å²) in [7, 11) is 1.36. The van der Waals surface area contributed by atoms with Crippen molar-refractivity contribution in [1.29, 1.82) is 0 Å². The molecule has 1 heterocycles. The Hall–Kier alpha value is -2.66. The van der Waals surface area contributed by atoms with Gasteiger partial charge in [-0.15, -0.1) is 0 Å². The number of benzene rings is 2. The quantitative estimate of drug-likeness (QED) is 0.813. The SMILES string of the molecule is CC[C@@H]1OC(=O)C([C@@]2(C(=O)OC)CC3c4ccccc4C2c2ccccc23)[C@@H]1O. The zero-order valence-corrected chi connectivity index (χ0v) is 16.5. The monoisotopic (exact) mass is 392 g/mol. The van der Waals surface area contributed by atoms with Crippen LogP contribution in [0.4, 0.5) is 0 Å². The molecule has 29 heavy (non-hydrogen) atoms. The molecule has 5 heteroatoms. The van der Waals surface area contributed by atoms with E-state index in [1.165, 1.54) is 18.2 Å². The van der Waals surface area contributed by atoms with Crippen LogP contribution in [-0.4, -0.2) is 36.4 Å². The standard InChI is InChI=1S/C24H24O5/c1-3-18-21(25)20(22(26)29-18)24(23(27)28-2)12-17-13-8-4-6-10-15(13)19(24)16-11-7-5-9-14(16)17/h4-11,17-21,25H,3,12H2,1-2H3/t17?,18-,19?,20?,21+,24+/m0/s1. The summed E-state index contributed by atoms with van der Waals surface area (Å²) in [4.78, 5) is 26.4. The first kappa shape index (κ1) is 18.4. The van der Waals surface area contributed by atoms with Crippen molar-refractivity contribution >= 4 is 11.9 Å². The summed E-state index contributed by atoms with van der Waals surface area (Å²) in [6.07, 6.45) is -0.710. The first-order valence-electron chi connectivity index (χ1n) is 10.2. The predicted octanol–water partition coefficient (Wildman–Crippen LogP) is 3.14. The van der Waals surface area contributed by atoms with Gasteiger partial charge in [0.1, 0.15) is 18.1 Å². The van der Waals surface area contributed by atoms with E-state index < -0.39 is 35.5 Å². The Morgan fingerprint density at radius 3 is 2.14 bits per heavy atom. The Bertz CT molecular complexity index is 951.